The number of aromatic amines is 1. The lowest BCUT2D eigenvalue weighted by Crippen LogP contribution is -2.34. The Bertz CT molecular complexity index is 734. The number of aromatic nitrogens is 1. The van der Waals surface area contributed by atoms with Crippen molar-refractivity contribution in [2.45, 2.75) is 58.8 Å². The second-order valence-corrected chi connectivity index (χ2v) is 9.44. The molecule has 138 valence electrons. The Morgan fingerprint density at radius 3 is 2.48 bits per heavy atom. The zero-order valence-corrected chi connectivity index (χ0v) is 16.8. The lowest BCUT2D eigenvalue weighted by molar-refractivity contribution is 0.107. The zero-order chi connectivity index (χ0) is 18.7. The largest absolute Gasteiger partial charge is 0.489 e. The molecule has 0 saturated carbocycles. The van der Waals surface area contributed by atoms with Crippen molar-refractivity contribution in [3.8, 4) is 5.75 Å². The number of hydrogen-bond donors (Lipinski definition) is 1. The SMILES string of the molecule is CC(C)(C)c1cccc(OC(CSCc2c[nH]c(=O)o2)C(C)(C)C)c1. The summed E-state index contributed by atoms with van der Waals surface area (Å²) in [6.45, 7) is 13.2. The van der Waals surface area contributed by atoms with Gasteiger partial charge in [0.05, 0.1) is 5.75 Å². The van der Waals surface area contributed by atoms with E-state index in [1.54, 1.807) is 18.0 Å². The number of H-pyrrole nitrogens is 1. The highest BCUT2D eigenvalue weighted by Crippen LogP contribution is 2.31. The van der Waals surface area contributed by atoms with E-state index in [1.807, 2.05) is 6.07 Å². The van der Waals surface area contributed by atoms with Crippen molar-refractivity contribution in [3.63, 3.8) is 0 Å². The third-order valence-corrected chi connectivity index (χ3v) is 5.06. The van der Waals surface area contributed by atoms with Gasteiger partial charge in [-0.15, -0.1) is 11.8 Å². The number of oxazole rings is 1. The van der Waals surface area contributed by atoms with E-state index in [4.69, 9.17) is 9.15 Å². The van der Waals surface area contributed by atoms with Crippen LogP contribution in [0.3, 0.4) is 0 Å². The van der Waals surface area contributed by atoms with Gasteiger partial charge in [0.15, 0.2) is 0 Å². The normalized spacial score (nSPS) is 13.7. The van der Waals surface area contributed by atoms with Crippen LogP contribution in [0.1, 0.15) is 52.9 Å². The quantitative estimate of drug-likeness (QED) is 0.785. The Morgan fingerprint density at radius 2 is 1.92 bits per heavy atom. The van der Waals surface area contributed by atoms with E-state index in [0.717, 1.165) is 11.5 Å². The average Bonchev–Trinajstić information content (AvgIpc) is 2.90. The Morgan fingerprint density at radius 1 is 1.20 bits per heavy atom. The molecule has 0 fully saturated rings. The molecular formula is C20H29NO3S. The van der Waals surface area contributed by atoms with E-state index >= 15 is 0 Å². The second-order valence-electron chi connectivity index (χ2n) is 8.41. The monoisotopic (exact) mass is 363 g/mol. The van der Waals surface area contributed by atoms with Gasteiger partial charge in [0.2, 0.25) is 0 Å². The van der Waals surface area contributed by atoms with E-state index in [9.17, 15) is 4.79 Å². The Kier molecular flexibility index (Phi) is 6.09. The summed E-state index contributed by atoms with van der Waals surface area (Å²) in [4.78, 5) is 13.6. The summed E-state index contributed by atoms with van der Waals surface area (Å²) in [5.41, 5.74) is 1.36. The van der Waals surface area contributed by atoms with Gasteiger partial charge in [-0.25, -0.2) is 4.79 Å². The summed E-state index contributed by atoms with van der Waals surface area (Å²) in [5, 5.41) is 0. The molecule has 0 bridgehead atoms. The third kappa shape index (κ3) is 5.99. The number of ether oxygens (including phenoxy) is 1. The molecule has 5 heteroatoms. The van der Waals surface area contributed by atoms with Crippen LogP contribution in [0.15, 0.2) is 39.7 Å². The summed E-state index contributed by atoms with van der Waals surface area (Å²) in [5.74, 6) is 2.63. The second kappa shape index (κ2) is 7.73. The van der Waals surface area contributed by atoms with E-state index in [2.05, 4.69) is 64.7 Å². The summed E-state index contributed by atoms with van der Waals surface area (Å²) in [6.07, 6.45) is 1.67. The molecule has 0 aliphatic carbocycles. The first-order valence-corrected chi connectivity index (χ1v) is 9.73. The first-order valence-electron chi connectivity index (χ1n) is 8.58. The lowest BCUT2D eigenvalue weighted by atomic mass is 9.87. The van der Waals surface area contributed by atoms with Crippen molar-refractivity contribution in [1.29, 1.82) is 0 Å². The number of rotatable bonds is 6. The molecule has 1 heterocycles. The van der Waals surface area contributed by atoms with Gasteiger partial charge in [-0.2, -0.15) is 0 Å². The molecule has 0 amide bonds. The van der Waals surface area contributed by atoms with Crippen LogP contribution in [0.2, 0.25) is 0 Å². The molecular weight excluding hydrogens is 334 g/mol. The van der Waals surface area contributed by atoms with Gasteiger partial charge in [0.1, 0.15) is 17.6 Å². The van der Waals surface area contributed by atoms with Gasteiger partial charge < -0.3 is 9.15 Å². The average molecular weight is 364 g/mol. The Labute approximate surface area is 154 Å². The van der Waals surface area contributed by atoms with Gasteiger partial charge in [0.25, 0.3) is 0 Å². The summed E-state index contributed by atoms with van der Waals surface area (Å²) in [7, 11) is 0. The van der Waals surface area contributed by atoms with Crippen LogP contribution >= 0.6 is 11.8 Å². The molecule has 25 heavy (non-hydrogen) atoms. The molecule has 1 aromatic heterocycles. The minimum absolute atomic E-state index is 0.00369. The number of benzene rings is 1. The fourth-order valence-corrected chi connectivity index (χ4v) is 3.56. The minimum Gasteiger partial charge on any atom is -0.489 e. The predicted octanol–water partition coefficient (Wildman–Crippen LogP) is 4.99. The number of thioether (sulfide) groups is 1. The third-order valence-electron chi connectivity index (χ3n) is 4.03. The molecule has 0 aliphatic rings. The van der Waals surface area contributed by atoms with Crippen molar-refractivity contribution in [3.05, 3.63) is 52.3 Å². The van der Waals surface area contributed by atoms with Crippen molar-refractivity contribution in [2.24, 2.45) is 5.41 Å². The van der Waals surface area contributed by atoms with Crippen LogP contribution < -0.4 is 10.5 Å². The zero-order valence-electron chi connectivity index (χ0n) is 16.0. The number of nitrogens with one attached hydrogen (secondary N) is 1. The van der Waals surface area contributed by atoms with E-state index in [1.165, 1.54) is 5.56 Å². The maximum Gasteiger partial charge on any atom is 0.416 e. The van der Waals surface area contributed by atoms with Gasteiger partial charge in [-0.05, 0) is 28.5 Å². The lowest BCUT2D eigenvalue weighted by Gasteiger charge is -2.31. The maximum absolute atomic E-state index is 11.0. The van der Waals surface area contributed by atoms with Crippen LogP contribution in [0.25, 0.3) is 0 Å². The molecule has 0 saturated heterocycles. The van der Waals surface area contributed by atoms with Crippen molar-refractivity contribution in [1.82, 2.24) is 4.98 Å². The molecule has 2 rings (SSSR count). The molecule has 0 radical (unpaired) electrons. The molecule has 1 N–H and O–H groups in total. The van der Waals surface area contributed by atoms with Gasteiger partial charge in [-0.1, -0.05) is 53.7 Å². The molecule has 1 atom stereocenters. The fourth-order valence-electron chi connectivity index (χ4n) is 2.32. The van der Waals surface area contributed by atoms with Gasteiger partial charge in [0, 0.05) is 11.9 Å². The fraction of sp³-hybridized carbons (Fsp3) is 0.550. The van der Waals surface area contributed by atoms with Crippen molar-refractivity contribution < 1.29 is 9.15 Å². The van der Waals surface area contributed by atoms with Crippen LogP contribution in [0, 0.1) is 5.41 Å². The van der Waals surface area contributed by atoms with Crippen LogP contribution in [0.5, 0.6) is 5.75 Å². The molecule has 4 nitrogen and oxygen atoms in total. The number of hydrogen-bond acceptors (Lipinski definition) is 4. The summed E-state index contributed by atoms with van der Waals surface area (Å²) in [6, 6.07) is 8.34. The molecule has 1 aromatic carbocycles. The smallest absolute Gasteiger partial charge is 0.416 e. The standard InChI is InChI=1S/C20H29NO3S/c1-19(2,3)14-8-7-9-15(10-14)23-17(20(4,5)6)13-25-12-16-11-21-18(22)24-16/h7-11,17H,12-13H2,1-6H3,(H,21,22). The summed E-state index contributed by atoms with van der Waals surface area (Å²) >= 11 is 1.71. The molecule has 1 unspecified atom stereocenters. The van der Waals surface area contributed by atoms with Crippen LogP contribution in [0.4, 0.5) is 0 Å². The van der Waals surface area contributed by atoms with Crippen LogP contribution in [-0.4, -0.2) is 16.8 Å². The first kappa shape index (κ1) is 19.7. The van der Waals surface area contributed by atoms with E-state index in [0.29, 0.717) is 11.5 Å². The molecule has 0 aliphatic heterocycles. The maximum atomic E-state index is 11.0. The minimum atomic E-state index is -0.404. The van der Waals surface area contributed by atoms with Crippen LogP contribution in [-0.2, 0) is 11.2 Å². The van der Waals surface area contributed by atoms with E-state index < -0.39 is 5.76 Å². The van der Waals surface area contributed by atoms with Crippen molar-refractivity contribution >= 4 is 11.8 Å². The van der Waals surface area contributed by atoms with Gasteiger partial charge in [-0.3, -0.25) is 4.98 Å². The highest BCUT2D eigenvalue weighted by molar-refractivity contribution is 7.98. The summed E-state index contributed by atoms with van der Waals surface area (Å²) < 4.78 is 11.4. The highest BCUT2D eigenvalue weighted by Gasteiger charge is 2.27. The molecule has 0 spiro atoms. The van der Waals surface area contributed by atoms with E-state index in [-0.39, 0.29) is 16.9 Å². The van der Waals surface area contributed by atoms with Crippen molar-refractivity contribution in [2.75, 3.05) is 5.75 Å². The Hall–Kier alpha value is -1.62. The first-order chi connectivity index (χ1) is 11.6. The predicted molar refractivity (Wildman–Crippen MR) is 105 cm³/mol. The molecule has 2 aromatic rings. The van der Waals surface area contributed by atoms with Gasteiger partial charge >= 0.3 is 5.76 Å². The Balaban J connectivity index is 2.04. The highest BCUT2D eigenvalue weighted by atomic mass is 32.2. The topological polar surface area (TPSA) is 55.2 Å².